The van der Waals surface area contributed by atoms with Crippen LogP contribution in [-0.2, 0) is 14.3 Å². The van der Waals surface area contributed by atoms with Crippen LogP contribution >= 0.6 is 0 Å². The SMILES string of the molecule is CO[C@@H](C(=O)N[C@H]1CCCCNC1=O)[C@H](O)[C@@H](O)[C@H](O)[C@H]1C[C@@H]1C(C)(C)C. The van der Waals surface area contributed by atoms with Crippen molar-refractivity contribution in [2.75, 3.05) is 13.7 Å². The number of carbonyl (C=O) groups excluding carboxylic acids is 2. The highest BCUT2D eigenvalue weighted by atomic mass is 16.5. The monoisotopic (exact) mass is 386 g/mol. The molecule has 2 fully saturated rings. The molecule has 7 atom stereocenters. The molecule has 0 spiro atoms. The Morgan fingerprint density at radius 3 is 2.44 bits per heavy atom. The summed E-state index contributed by atoms with van der Waals surface area (Å²) < 4.78 is 5.08. The third-order valence-electron chi connectivity index (χ3n) is 5.76. The Balaban J connectivity index is 1.96. The summed E-state index contributed by atoms with van der Waals surface area (Å²) in [6.45, 7) is 6.77. The van der Waals surface area contributed by atoms with Crippen LogP contribution in [0.2, 0.25) is 0 Å². The van der Waals surface area contributed by atoms with Gasteiger partial charge in [0.15, 0.2) is 6.10 Å². The van der Waals surface area contributed by atoms with Crippen LogP contribution in [0, 0.1) is 17.3 Å². The Kier molecular flexibility index (Phi) is 7.24. The van der Waals surface area contributed by atoms with E-state index >= 15 is 0 Å². The number of hydrogen-bond donors (Lipinski definition) is 5. The van der Waals surface area contributed by atoms with Gasteiger partial charge in [-0.1, -0.05) is 20.8 Å². The molecule has 27 heavy (non-hydrogen) atoms. The minimum absolute atomic E-state index is 0.00119. The zero-order valence-corrected chi connectivity index (χ0v) is 16.6. The van der Waals surface area contributed by atoms with Gasteiger partial charge in [0.05, 0.1) is 6.10 Å². The zero-order valence-electron chi connectivity index (χ0n) is 16.6. The van der Waals surface area contributed by atoms with Crippen LogP contribution in [0.3, 0.4) is 0 Å². The maximum absolute atomic E-state index is 12.5. The Labute approximate surface area is 160 Å². The van der Waals surface area contributed by atoms with Gasteiger partial charge >= 0.3 is 0 Å². The van der Waals surface area contributed by atoms with Gasteiger partial charge in [0.2, 0.25) is 5.91 Å². The van der Waals surface area contributed by atoms with E-state index in [0.29, 0.717) is 13.0 Å². The molecule has 0 aromatic carbocycles. The van der Waals surface area contributed by atoms with Crippen LogP contribution in [0.4, 0.5) is 0 Å². The Bertz CT molecular complexity index is 535. The van der Waals surface area contributed by atoms with Gasteiger partial charge in [-0.15, -0.1) is 0 Å². The average Bonchev–Trinajstić information content (AvgIpc) is 3.41. The van der Waals surface area contributed by atoms with Gasteiger partial charge in [0.25, 0.3) is 5.91 Å². The normalized spacial score (nSPS) is 30.5. The number of aliphatic hydroxyl groups is 3. The van der Waals surface area contributed by atoms with Gasteiger partial charge < -0.3 is 30.7 Å². The lowest BCUT2D eigenvalue weighted by atomic mass is 9.86. The van der Waals surface area contributed by atoms with Crippen LogP contribution in [0.25, 0.3) is 0 Å². The van der Waals surface area contributed by atoms with E-state index in [9.17, 15) is 24.9 Å². The van der Waals surface area contributed by atoms with Gasteiger partial charge in [-0.25, -0.2) is 0 Å². The predicted molar refractivity (Wildman–Crippen MR) is 98.7 cm³/mol. The third kappa shape index (κ3) is 5.40. The molecule has 2 aliphatic rings. The number of methoxy groups -OCH3 is 1. The zero-order chi connectivity index (χ0) is 20.4. The standard InChI is InChI=1S/C19H34N2O6/c1-19(2,3)11-9-10(11)13(22)14(23)15(24)16(27-4)18(26)21-12-7-5-6-8-20-17(12)25/h10-16,22-24H,5-9H2,1-4H3,(H,20,25)(H,21,26)/t10-,11-,12-,13+,14-,15+,16+/m0/s1. The van der Waals surface area contributed by atoms with E-state index in [1.54, 1.807) is 0 Å². The summed E-state index contributed by atoms with van der Waals surface area (Å²) in [6, 6.07) is -0.694. The van der Waals surface area contributed by atoms with Crippen molar-refractivity contribution in [1.82, 2.24) is 10.6 Å². The van der Waals surface area contributed by atoms with Crippen molar-refractivity contribution in [3.63, 3.8) is 0 Å². The fourth-order valence-electron chi connectivity index (χ4n) is 3.95. The molecule has 2 amide bonds. The van der Waals surface area contributed by atoms with Crippen molar-refractivity contribution in [3.05, 3.63) is 0 Å². The van der Waals surface area contributed by atoms with Crippen LogP contribution in [0.5, 0.6) is 0 Å². The number of ether oxygens (including phenoxy) is 1. The summed E-state index contributed by atoms with van der Waals surface area (Å²) in [5.74, 6) is -0.819. The summed E-state index contributed by atoms with van der Waals surface area (Å²) in [6.07, 6.45) is -2.73. The van der Waals surface area contributed by atoms with E-state index in [0.717, 1.165) is 19.3 Å². The lowest BCUT2D eigenvalue weighted by Gasteiger charge is -2.30. The highest BCUT2D eigenvalue weighted by Gasteiger charge is 2.52. The second-order valence-electron chi connectivity index (χ2n) is 8.85. The molecule has 0 aromatic rings. The lowest BCUT2D eigenvalue weighted by Crippen LogP contribution is -2.55. The van der Waals surface area contributed by atoms with E-state index in [2.05, 4.69) is 31.4 Å². The van der Waals surface area contributed by atoms with Crippen LogP contribution in [0.1, 0.15) is 46.5 Å². The van der Waals surface area contributed by atoms with Gasteiger partial charge in [0.1, 0.15) is 18.2 Å². The van der Waals surface area contributed by atoms with E-state index < -0.39 is 36.4 Å². The second kappa shape index (κ2) is 8.86. The molecule has 1 saturated heterocycles. The maximum atomic E-state index is 12.5. The van der Waals surface area contributed by atoms with Gasteiger partial charge in [-0.05, 0) is 42.9 Å². The molecule has 0 unspecified atom stereocenters. The molecule has 8 heteroatoms. The summed E-state index contributed by atoms with van der Waals surface area (Å²) in [5.41, 5.74) is 0.00119. The van der Waals surface area contributed by atoms with E-state index in [-0.39, 0.29) is 23.2 Å². The first-order valence-corrected chi connectivity index (χ1v) is 9.73. The largest absolute Gasteiger partial charge is 0.390 e. The van der Waals surface area contributed by atoms with Crippen molar-refractivity contribution in [3.8, 4) is 0 Å². The Hall–Kier alpha value is -1.22. The van der Waals surface area contributed by atoms with Crippen molar-refractivity contribution >= 4 is 11.8 Å². The molecule has 0 radical (unpaired) electrons. The fraction of sp³-hybridized carbons (Fsp3) is 0.895. The topological polar surface area (TPSA) is 128 Å². The molecular formula is C19H34N2O6. The number of rotatable bonds is 7. The lowest BCUT2D eigenvalue weighted by molar-refractivity contribution is -0.154. The van der Waals surface area contributed by atoms with Crippen molar-refractivity contribution in [1.29, 1.82) is 0 Å². The van der Waals surface area contributed by atoms with Crippen LogP contribution in [-0.4, -0.2) is 71.2 Å². The number of nitrogens with one attached hydrogen (secondary N) is 2. The van der Waals surface area contributed by atoms with Crippen LogP contribution in [0.15, 0.2) is 0 Å². The molecule has 0 aromatic heterocycles. The molecular weight excluding hydrogens is 352 g/mol. The summed E-state index contributed by atoms with van der Waals surface area (Å²) in [5, 5.41) is 36.6. The number of aliphatic hydroxyl groups excluding tert-OH is 3. The van der Waals surface area contributed by atoms with Crippen LogP contribution < -0.4 is 10.6 Å². The fourth-order valence-corrected chi connectivity index (χ4v) is 3.95. The quantitative estimate of drug-likeness (QED) is 0.403. The molecule has 1 aliphatic heterocycles. The minimum atomic E-state index is -1.60. The van der Waals surface area contributed by atoms with E-state index in [1.165, 1.54) is 7.11 Å². The first kappa shape index (κ1) is 22.1. The summed E-state index contributed by atoms with van der Waals surface area (Å²) >= 11 is 0. The predicted octanol–water partition coefficient (Wildman–Crippen LogP) is -0.449. The second-order valence-corrected chi connectivity index (χ2v) is 8.85. The molecule has 1 saturated carbocycles. The first-order chi connectivity index (χ1) is 12.6. The third-order valence-corrected chi connectivity index (χ3v) is 5.76. The molecule has 156 valence electrons. The molecule has 1 aliphatic carbocycles. The van der Waals surface area contributed by atoms with Crippen molar-refractivity contribution in [2.24, 2.45) is 17.3 Å². The average molecular weight is 386 g/mol. The maximum Gasteiger partial charge on any atom is 0.252 e. The van der Waals surface area contributed by atoms with E-state index in [4.69, 9.17) is 4.74 Å². The van der Waals surface area contributed by atoms with Gasteiger partial charge in [-0.3, -0.25) is 9.59 Å². The van der Waals surface area contributed by atoms with Crippen molar-refractivity contribution in [2.45, 2.75) is 76.9 Å². The number of amides is 2. The first-order valence-electron chi connectivity index (χ1n) is 9.73. The molecule has 0 bridgehead atoms. The Morgan fingerprint density at radius 2 is 1.89 bits per heavy atom. The van der Waals surface area contributed by atoms with Gasteiger partial charge in [-0.2, -0.15) is 0 Å². The highest BCUT2D eigenvalue weighted by Crippen LogP contribution is 2.53. The molecule has 2 rings (SSSR count). The highest BCUT2D eigenvalue weighted by molar-refractivity contribution is 5.89. The summed E-state index contributed by atoms with van der Waals surface area (Å²) in [7, 11) is 1.24. The van der Waals surface area contributed by atoms with Crippen molar-refractivity contribution < 1.29 is 29.6 Å². The number of hydrogen-bond acceptors (Lipinski definition) is 6. The minimum Gasteiger partial charge on any atom is -0.390 e. The number of carbonyl (C=O) groups is 2. The smallest absolute Gasteiger partial charge is 0.252 e. The molecule has 5 N–H and O–H groups in total. The molecule has 8 nitrogen and oxygen atoms in total. The van der Waals surface area contributed by atoms with Gasteiger partial charge in [0, 0.05) is 13.7 Å². The molecule has 1 heterocycles. The van der Waals surface area contributed by atoms with E-state index in [1.807, 2.05) is 0 Å². The summed E-state index contributed by atoms with van der Waals surface area (Å²) in [4.78, 5) is 24.5. The Morgan fingerprint density at radius 1 is 1.22 bits per heavy atom.